The fraction of sp³-hybridized carbons (Fsp3) is 0.900. The molecular formula is C10H20O2. The van der Waals surface area contributed by atoms with E-state index in [0.717, 1.165) is 6.42 Å². The van der Waals surface area contributed by atoms with Crippen molar-refractivity contribution >= 4 is 5.97 Å². The zero-order chi connectivity index (χ0) is 9.72. The first-order chi connectivity index (χ1) is 5.49. The van der Waals surface area contributed by atoms with Crippen LogP contribution < -0.4 is 0 Å². The summed E-state index contributed by atoms with van der Waals surface area (Å²) in [5.41, 5.74) is 0. The van der Waals surface area contributed by atoms with Crippen LogP contribution in [0.3, 0.4) is 0 Å². The first-order valence-electron chi connectivity index (χ1n) is 4.69. The molecule has 12 heavy (non-hydrogen) atoms. The Morgan fingerprint density at radius 3 is 2.08 bits per heavy atom. The van der Waals surface area contributed by atoms with E-state index in [1.807, 2.05) is 34.6 Å². The maximum Gasteiger partial charge on any atom is 0.309 e. The summed E-state index contributed by atoms with van der Waals surface area (Å²) in [5, 5.41) is 0. The number of ether oxygens (including phenoxy) is 1. The lowest BCUT2D eigenvalue weighted by Crippen LogP contribution is -2.23. The molecule has 0 aliphatic heterocycles. The fourth-order valence-electron chi connectivity index (χ4n) is 0.661. The molecule has 2 nitrogen and oxygen atoms in total. The average Bonchev–Trinajstić information content (AvgIpc) is 2.02. The third-order valence-corrected chi connectivity index (χ3v) is 2.26. The Morgan fingerprint density at radius 1 is 1.25 bits per heavy atom. The summed E-state index contributed by atoms with van der Waals surface area (Å²) in [6.07, 6.45) is 0.940. The minimum absolute atomic E-state index is 0.0130. The number of hydrogen-bond donors (Lipinski definition) is 0. The van der Waals surface area contributed by atoms with Crippen molar-refractivity contribution in [1.29, 1.82) is 0 Å². The summed E-state index contributed by atoms with van der Waals surface area (Å²) in [6, 6.07) is 0. The highest BCUT2D eigenvalue weighted by Crippen LogP contribution is 2.13. The van der Waals surface area contributed by atoms with Gasteiger partial charge in [-0.25, -0.2) is 0 Å². The molecule has 0 radical (unpaired) electrons. The fourth-order valence-corrected chi connectivity index (χ4v) is 0.661. The molecule has 0 N–H and O–H groups in total. The van der Waals surface area contributed by atoms with Gasteiger partial charge in [-0.05, 0) is 19.3 Å². The van der Waals surface area contributed by atoms with E-state index in [4.69, 9.17) is 4.74 Å². The molecular weight excluding hydrogens is 152 g/mol. The van der Waals surface area contributed by atoms with Gasteiger partial charge in [0.1, 0.15) is 0 Å². The normalized spacial score (nSPS) is 15.8. The van der Waals surface area contributed by atoms with Gasteiger partial charge in [0, 0.05) is 0 Å². The molecule has 2 atom stereocenters. The van der Waals surface area contributed by atoms with Gasteiger partial charge in [-0.2, -0.15) is 0 Å². The van der Waals surface area contributed by atoms with Crippen LogP contribution >= 0.6 is 0 Å². The van der Waals surface area contributed by atoms with Gasteiger partial charge in [0.25, 0.3) is 0 Å². The molecule has 2 heteroatoms. The Balaban J connectivity index is 3.87. The molecule has 0 unspecified atom stereocenters. The topological polar surface area (TPSA) is 26.3 Å². The first kappa shape index (κ1) is 11.5. The predicted octanol–water partition coefficient (Wildman–Crippen LogP) is 2.62. The third kappa shape index (κ3) is 3.74. The van der Waals surface area contributed by atoms with Crippen LogP contribution in [0.15, 0.2) is 0 Å². The molecule has 0 heterocycles. The zero-order valence-electron chi connectivity index (χ0n) is 8.76. The second-order valence-corrected chi connectivity index (χ2v) is 3.69. The second kappa shape index (κ2) is 5.18. The molecule has 0 aromatic carbocycles. The maximum absolute atomic E-state index is 11.3. The van der Waals surface area contributed by atoms with E-state index in [2.05, 4.69) is 0 Å². The van der Waals surface area contributed by atoms with Crippen LogP contribution in [0, 0.1) is 11.8 Å². The van der Waals surface area contributed by atoms with Crippen molar-refractivity contribution in [2.45, 2.75) is 47.1 Å². The molecule has 0 aliphatic rings. The second-order valence-electron chi connectivity index (χ2n) is 3.69. The molecule has 72 valence electrons. The van der Waals surface area contributed by atoms with Gasteiger partial charge >= 0.3 is 5.97 Å². The third-order valence-electron chi connectivity index (χ3n) is 2.26. The molecule has 0 bridgehead atoms. The van der Waals surface area contributed by atoms with Crippen molar-refractivity contribution in [2.75, 3.05) is 0 Å². The summed E-state index contributed by atoms with van der Waals surface area (Å²) in [7, 11) is 0. The molecule has 0 aromatic rings. The quantitative estimate of drug-likeness (QED) is 0.609. The average molecular weight is 172 g/mol. The van der Waals surface area contributed by atoms with Crippen molar-refractivity contribution in [1.82, 2.24) is 0 Å². The van der Waals surface area contributed by atoms with Gasteiger partial charge in [-0.1, -0.05) is 27.7 Å². The van der Waals surface area contributed by atoms with E-state index in [9.17, 15) is 4.79 Å². The lowest BCUT2D eigenvalue weighted by molar-refractivity contribution is -0.154. The van der Waals surface area contributed by atoms with E-state index in [0.29, 0.717) is 5.92 Å². The first-order valence-corrected chi connectivity index (χ1v) is 4.69. The van der Waals surface area contributed by atoms with E-state index in [1.165, 1.54) is 0 Å². The molecule has 0 aliphatic carbocycles. The van der Waals surface area contributed by atoms with Gasteiger partial charge in [-0.15, -0.1) is 0 Å². The maximum atomic E-state index is 11.3. The van der Waals surface area contributed by atoms with Crippen molar-refractivity contribution < 1.29 is 9.53 Å². The Morgan fingerprint density at radius 2 is 1.75 bits per heavy atom. The van der Waals surface area contributed by atoms with Crippen LogP contribution in [0.5, 0.6) is 0 Å². The van der Waals surface area contributed by atoms with E-state index >= 15 is 0 Å². The Kier molecular flexibility index (Phi) is 4.95. The highest BCUT2D eigenvalue weighted by atomic mass is 16.5. The van der Waals surface area contributed by atoms with Crippen LogP contribution in [0.4, 0.5) is 0 Å². The highest BCUT2D eigenvalue weighted by Gasteiger charge is 2.19. The van der Waals surface area contributed by atoms with E-state index in [1.54, 1.807) is 0 Å². The molecule has 0 saturated heterocycles. The summed E-state index contributed by atoms with van der Waals surface area (Å²) in [5.74, 6) is 0.305. The zero-order valence-corrected chi connectivity index (χ0v) is 8.76. The summed E-state index contributed by atoms with van der Waals surface area (Å²) in [4.78, 5) is 11.3. The minimum atomic E-state index is -0.0700. The van der Waals surface area contributed by atoms with Crippen molar-refractivity contribution in [2.24, 2.45) is 11.8 Å². The van der Waals surface area contributed by atoms with Gasteiger partial charge in [0.15, 0.2) is 0 Å². The van der Waals surface area contributed by atoms with Crippen LogP contribution in [-0.2, 0) is 9.53 Å². The van der Waals surface area contributed by atoms with Crippen LogP contribution in [0.1, 0.15) is 41.0 Å². The lowest BCUT2D eigenvalue weighted by atomic mass is 9.98. The van der Waals surface area contributed by atoms with Crippen molar-refractivity contribution in [3.63, 3.8) is 0 Å². The smallest absolute Gasteiger partial charge is 0.309 e. The Labute approximate surface area is 75.3 Å². The predicted molar refractivity (Wildman–Crippen MR) is 49.8 cm³/mol. The number of carbonyl (C=O) groups is 1. The highest BCUT2D eigenvalue weighted by molar-refractivity contribution is 5.72. The molecule has 0 amide bonds. The summed E-state index contributed by atoms with van der Waals surface area (Å²) in [6.45, 7) is 9.91. The SMILES string of the molecule is CC[C@@H](C)OC(=O)[C@H](C)C(C)C. The molecule has 0 rings (SSSR count). The van der Waals surface area contributed by atoms with Gasteiger partial charge in [0.2, 0.25) is 0 Å². The number of esters is 1. The number of rotatable bonds is 4. The van der Waals surface area contributed by atoms with Crippen LogP contribution in [-0.4, -0.2) is 12.1 Å². The Bertz CT molecular complexity index is 141. The summed E-state index contributed by atoms with van der Waals surface area (Å²) >= 11 is 0. The minimum Gasteiger partial charge on any atom is -0.462 e. The van der Waals surface area contributed by atoms with Crippen LogP contribution in [0.2, 0.25) is 0 Å². The molecule has 0 fully saturated rings. The van der Waals surface area contributed by atoms with E-state index in [-0.39, 0.29) is 18.0 Å². The molecule has 0 saturated carbocycles. The number of hydrogen-bond acceptors (Lipinski definition) is 2. The Hall–Kier alpha value is -0.530. The van der Waals surface area contributed by atoms with Crippen molar-refractivity contribution in [3.05, 3.63) is 0 Å². The lowest BCUT2D eigenvalue weighted by Gasteiger charge is -2.17. The van der Waals surface area contributed by atoms with Gasteiger partial charge < -0.3 is 4.74 Å². The van der Waals surface area contributed by atoms with Crippen molar-refractivity contribution in [3.8, 4) is 0 Å². The molecule has 0 spiro atoms. The molecule has 0 aromatic heterocycles. The van der Waals surface area contributed by atoms with E-state index < -0.39 is 0 Å². The van der Waals surface area contributed by atoms with Gasteiger partial charge in [-0.3, -0.25) is 4.79 Å². The monoisotopic (exact) mass is 172 g/mol. The van der Waals surface area contributed by atoms with Gasteiger partial charge in [0.05, 0.1) is 12.0 Å². The standard InChI is InChI=1S/C10H20O2/c1-6-8(4)12-10(11)9(5)7(2)3/h7-9H,6H2,1-5H3/t8-,9-/m1/s1. The number of carbonyl (C=O) groups excluding carboxylic acids is 1. The van der Waals surface area contributed by atoms with Crippen LogP contribution in [0.25, 0.3) is 0 Å². The largest absolute Gasteiger partial charge is 0.462 e. The summed E-state index contributed by atoms with van der Waals surface area (Å²) < 4.78 is 5.18.